The van der Waals surface area contributed by atoms with Crippen molar-refractivity contribution in [1.29, 1.82) is 0 Å². The van der Waals surface area contributed by atoms with Crippen LogP contribution >= 0.6 is 0 Å². The first kappa shape index (κ1) is 20.1. The molecule has 2 aliphatic heterocycles. The molecule has 3 atom stereocenters. The van der Waals surface area contributed by atoms with Gasteiger partial charge in [-0.1, -0.05) is 43.3 Å². The van der Waals surface area contributed by atoms with Gasteiger partial charge in [0.05, 0.1) is 5.92 Å². The summed E-state index contributed by atoms with van der Waals surface area (Å²) < 4.78 is 0. The predicted octanol–water partition coefficient (Wildman–Crippen LogP) is 4.20. The number of nitrogens with zero attached hydrogens (tertiary/aromatic N) is 3. The Labute approximate surface area is 184 Å². The van der Waals surface area contributed by atoms with Crippen molar-refractivity contribution in [1.82, 2.24) is 4.90 Å². The lowest BCUT2D eigenvalue weighted by Crippen LogP contribution is -2.52. The van der Waals surface area contributed by atoms with Gasteiger partial charge in [-0.3, -0.25) is 9.69 Å². The number of carbonyl (C=O) groups excluding carboxylic acids is 1. The minimum atomic E-state index is -0.754. The molecule has 2 heterocycles. The number of anilines is 1. The molecule has 0 aromatic heterocycles. The van der Waals surface area contributed by atoms with Crippen LogP contribution in [0.15, 0.2) is 53.5 Å². The summed E-state index contributed by atoms with van der Waals surface area (Å²) in [6, 6.07) is 17.1. The van der Waals surface area contributed by atoms with Crippen molar-refractivity contribution in [3.8, 4) is 0 Å². The fourth-order valence-corrected chi connectivity index (χ4v) is 5.19. The highest BCUT2D eigenvalue weighted by atomic mass is 16.2. The second-order valence-corrected chi connectivity index (χ2v) is 9.78. The monoisotopic (exact) mass is 416 g/mol. The van der Waals surface area contributed by atoms with E-state index in [1.54, 1.807) is 7.05 Å². The van der Waals surface area contributed by atoms with E-state index in [0.717, 1.165) is 24.2 Å². The third-order valence-corrected chi connectivity index (χ3v) is 7.37. The summed E-state index contributed by atoms with van der Waals surface area (Å²) in [6.07, 6.45) is 3.75. The lowest BCUT2D eigenvalue weighted by Gasteiger charge is -2.41. The van der Waals surface area contributed by atoms with E-state index in [1.807, 2.05) is 0 Å². The molecule has 1 aliphatic carbocycles. The van der Waals surface area contributed by atoms with Crippen molar-refractivity contribution >= 4 is 17.6 Å². The van der Waals surface area contributed by atoms with Crippen LogP contribution in [0.4, 0.5) is 5.69 Å². The molecule has 1 unspecified atom stereocenters. The van der Waals surface area contributed by atoms with Crippen LogP contribution < -0.4 is 10.6 Å². The summed E-state index contributed by atoms with van der Waals surface area (Å²) in [5.41, 5.74) is 10.1. The van der Waals surface area contributed by atoms with E-state index in [0.29, 0.717) is 11.8 Å². The maximum Gasteiger partial charge on any atom is 0.239 e. The summed E-state index contributed by atoms with van der Waals surface area (Å²) in [5, 5.41) is 0. The molecule has 0 bridgehead atoms. The number of aliphatic imine (C=N–C) groups is 1. The number of carbonyl (C=O) groups is 1. The highest BCUT2D eigenvalue weighted by Gasteiger charge is 2.47. The summed E-state index contributed by atoms with van der Waals surface area (Å²) in [6.45, 7) is 6.49. The molecule has 162 valence electrons. The highest BCUT2D eigenvalue weighted by molar-refractivity contribution is 6.02. The minimum Gasteiger partial charge on any atom is -0.371 e. The molecule has 5 heteroatoms. The Morgan fingerprint density at radius 3 is 2.42 bits per heavy atom. The zero-order chi connectivity index (χ0) is 21.8. The third kappa shape index (κ3) is 3.50. The molecule has 0 spiro atoms. The maximum atomic E-state index is 13.5. The number of amides is 1. The largest absolute Gasteiger partial charge is 0.371 e. The first-order valence-corrected chi connectivity index (χ1v) is 11.4. The number of nitrogens with two attached hydrogens (primary N) is 1. The van der Waals surface area contributed by atoms with Crippen LogP contribution in [0.25, 0.3) is 0 Å². The summed E-state index contributed by atoms with van der Waals surface area (Å²) in [4.78, 5) is 22.3. The van der Waals surface area contributed by atoms with Crippen LogP contribution in [0.3, 0.4) is 0 Å². The van der Waals surface area contributed by atoms with Gasteiger partial charge in [0, 0.05) is 25.8 Å². The van der Waals surface area contributed by atoms with Gasteiger partial charge in [-0.2, -0.15) is 0 Å². The fourth-order valence-electron chi connectivity index (χ4n) is 5.19. The van der Waals surface area contributed by atoms with Crippen molar-refractivity contribution < 1.29 is 4.79 Å². The van der Waals surface area contributed by atoms with Crippen LogP contribution in [0.2, 0.25) is 0 Å². The first-order valence-electron chi connectivity index (χ1n) is 11.4. The third-order valence-electron chi connectivity index (χ3n) is 7.37. The number of likely N-dealkylation sites (N-methyl/N-ethyl adjacent to an activating group) is 1. The highest BCUT2D eigenvalue weighted by Crippen LogP contribution is 2.46. The quantitative estimate of drug-likeness (QED) is 0.813. The first-order chi connectivity index (χ1) is 14.9. The topological polar surface area (TPSA) is 61.9 Å². The molecule has 2 fully saturated rings. The van der Waals surface area contributed by atoms with Crippen LogP contribution in [-0.2, 0) is 10.3 Å². The van der Waals surface area contributed by atoms with E-state index in [-0.39, 0.29) is 11.9 Å². The Morgan fingerprint density at radius 2 is 1.77 bits per heavy atom. The maximum absolute atomic E-state index is 13.5. The summed E-state index contributed by atoms with van der Waals surface area (Å²) >= 11 is 0. The number of rotatable bonds is 4. The number of guanidine groups is 1. The van der Waals surface area contributed by atoms with Crippen molar-refractivity contribution in [2.45, 2.75) is 50.5 Å². The van der Waals surface area contributed by atoms with Gasteiger partial charge in [0.25, 0.3) is 0 Å². The van der Waals surface area contributed by atoms with E-state index in [4.69, 9.17) is 10.7 Å². The van der Waals surface area contributed by atoms with Gasteiger partial charge in [-0.25, -0.2) is 4.99 Å². The smallest absolute Gasteiger partial charge is 0.239 e. The van der Waals surface area contributed by atoms with Crippen molar-refractivity contribution in [2.75, 3.05) is 25.0 Å². The molecule has 5 nitrogen and oxygen atoms in total. The second kappa shape index (κ2) is 7.40. The molecule has 2 N–H and O–H groups in total. The molecule has 0 radical (unpaired) electrons. The van der Waals surface area contributed by atoms with E-state index in [1.165, 1.54) is 35.4 Å². The standard InChI is InChI=1S/C26H32N4O/c1-17-13-14-30(16-17)22-6-4-5-21(15-22)26(2)23(24(31)29(3)25(27)28-26)20-11-9-19(10-12-20)18-7-8-18/h4-6,9-12,15,17-18,23H,7-8,13-14,16H2,1-3H3,(H2,27,28)/t17?,23-,26+/m0/s1. The van der Waals surface area contributed by atoms with E-state index in [9.17, 15) is 4.79 Å². The molecule has 3 aliphatic rings. The number of hydrogen-bond acceptors (Lipinski definition) is 4. The van der Waals surface area contributed by atoms with Gasteiger partial charge in [0.15, 0.2) is 5.96 Å². The fraction of sp³-hybridized carbons (Fsp3) is 0.462. The average molecular weight is 417 g/mol. The summed E-state index contributed by atoms with van der Waals surface area (Å²) in [5.74, 6) is 1.26. The van der Waals surface area contributed by atoms with Crippen LogP contribution in [0, 0.1) is 5.92 Å². The molecule has 5 rings (SSSR count). The normalized spacial score (nSPS) is 28.7. The lowest BCUT2D eigenvalue weighted by molar-refractivity contribution is -0.130. The predicted molar refractivity (Wildman–Crippen MR) is 125 cm³/mol. The Morgan fingerprint density at radius 1 is 1.06 bits per heavy atom. The molecule has 2 aromatic carbocycles. The molecule has 1 saturated heterocycles. The van der Waals surface area contributed by atoms with E-state index in [2.05, 4.69) is 67.3 Å². The second-order valence-electron chi connectivity index (χ2n) is 9.78. The van der Waals surface area contributed by atoms with Gasteiger partial charge < -0.3 is 10.6 Å². The van der Waals surface area contributed by atoms with Crippen molar-refractivity contribution in [3.05, 3.63) is 65.2 Å². The molecule has 1 saturated carbocycles. The van der Waals surface area contributed by atoms with Gasteiger partial charge in [-0.15, -0.1) is 0 Å². The Bertz CT molecular complexity index is 1030. The van der Waals surface area contributed by atoms with Gasteiger partial charge in [0.1, 0.15) is 5.54 Å². The molecular formula is C26H32N4O. The zero-order valence-corrected chi connectivity index (χ0v) is 18.7. The average Bonchev–Trinajstić information content (AvgIpc) is 3.53. The zero-order valence-electron chi connectivity index (χ0n) is 18.7. The molecule has 2 aromatic rings. The summed E-state index contributed by atoms with van der Waals surface area (Å²) in [7, 11) is 1.72. The van der Waals surface area contributed by atoms with Crippen molar-refractivity contribution in [2.24, 2.45) is 16.6 Å². The van der Waals surface area contributed by atoms with Crippen LogP contribution in [-0.4, -0.2) is 36.9 Å². The van der Waals surface area contributed by atoms with E-state index >= 15 is 0 Å². The molecular weight excluding hydrogens is 384 g/mol. The Hall–Kier alpha value is -2.82. The Balaban J connectivity index is 1.57. The van der Waals surface area contributed by atoms with Gasteiger partial charge in [0.2, 0.25) is 5.91 Å². The van der Waals surface area contributed by atoms with Gasteiger partial charge in [-0.05, 0) is 66.8 Å². The Kier molecular flexibility index (Phi) is 4.80. The number of hydrogen-bond donors (Lipinski definition) is 1. The lowest BCUT2D eigenvalue weighted by atomic mass is 9.74. The van der Waals surface area contributed by atoms with Crippen molar-refractivity contribution in [3.63, 3.8) is 0 Å². The van der Waals surface area contributed by atoms with Crippen LogP contribution in [0.5, 0.6) is 0 Å². The number of benzene rings is 2. The minimum absolute atomic E-state index is 0.00521. The van der Waals surface area contributed by atoms with Gasteiger partial charge >= 0.3 is 0 Å². The molecule has 31 heavy (non-hydrogen) atoms. The van der Waals surface area contributed by atoms with E-state index < -0.39 is 11.5 Å². The SMILES string of the molecule is CC1CCN(c2cccc([C@@]3(C)N=C(N)N(C)C(=O)[C@@H]3c3ccc(C4CC4)cc3)c2)C1. The van der Waals surface area contributed by atoms with Crippen LogP contribution in [0.1, 0.15) is 61.6 Å². The molecule has 1 amide bonds.